The van der Waals surface area contributed by atoms with Gasteiger partial charge in [-0.25, -0.2) is 14.8 Å². The molecule has 0 aliphatic heterocycles. The van der Waals surface area contributed by atoms with Crippen molar-refractivity contribution in [2.45, 2.75) is 20.0 Å². The molecule has 0 saturated carbocycles. The van der Waals surface area contributed by atoms with Gasteiger partial charge in [0.2, 0.25) is 5.88 Å². The summed E-state index contributed by atoms with van der Waals surface area (Å²) < 4.78 is 8.24. The molecule has 34 heavy (non-hydrogen) atoms. The van der Waals surface area contributed by atoms with E-state index in [2.05, 4.69) is 15.3 Å². The van der Waals surface area contributed by atoms with Crippen LogP contribution in [0.2, 0.25) is 5.02 Å². The number of anilines is 2. The van der Waals surface area contributed by atoms with E-state index in [0.717, 1.165) is 10.1 Å². The van der Waals surface area contributed by atoms with Crippen LogP contribution in [0.15, 0.2) is 76.6 Å². The fraction of sp³-hybridized carbons (Fsp3) is 0.125. The van der Waals surface area contributed by atoms with E-state index < -0.39 is 11.2 Å². The molecule has 1 N–H and O–H groups in total. The maximum absolute atomic E-state index is 13.0. The largest absolute Gasteiger partial charge is 0.437 e. The molecule has 2 heterocycles. The molecule has 2 aromatic heterocycles. The molecule has 0 saturated heterocycles. The maximum Gasteiger partial charge on any atom is 0.332 e. The standard InChI is InChI=1S/C24H19ClN6O3/c1-2-30-23(32)11-21(31(24(30)33)15-16-6-8-18(25)9-7-16)29-20-13-28-22(14-27-20)34-19-5-3-4-17(10-19)12-26/h3-11,13-14H,2,15H2,1H3,(H,27,29). The second-order valence-electron chi connectivity index (χ2n) is 7.21. The van der Waals surface area contributed by atoms with Gasteiger partial charge in [0.15, 0.2) is 0 Å². The first-order valence-corrected chi connectivity index (χ1v) is 10.7. The van der Waals surface area contributed by atoms with Crippen LogP contribution in [0.3, 0.4) is 0 Å². The van der Waals surface area contributed by atoms with E-state index in [-0.39, 0.29) is 24.8 Å². The quantitative estimate of drug-likeness (QED) is 0.431. The zero-order chi connectivity index (χ0) is 24.1. The first kappa shape index (κ1) is 22.8. The number of halogens is 1. The summed E-state index contributed by atoms with van der Waals surface area (Å²) in [4.78, 5) is 33.9. The lowest BCUT2D eigenvalue weighted by molar-refractivity contribution is 0.460. The third-order valence-corrected chi connectivity index (χ3v) is 5.17. The molecule has 170 valence electrons. The fourth-order valence-electron chi connectivity index (χ4n) is 3.25. The lowest BCUT2D eigenvalue weighted by atomic mass is 10.2. The van der Waals surface area contributed by atoms with Gasteiger partial charge in [-0.2, -0.15) is 5.26 Å². The maximum atomic E-state index is 13.0. The molecular formula is C24H19ClN6O3. The van der Waals surface area contributed by atoms with Gasteiger partial charge in [0.25, 0.3) is 5.56 Å². The summed E-state index contributed by atoms with van der Waals surface area (Å²) >= 11 is 5.97. The summed E-state index contributed by atoms with van der Waals surface area (Å²) in [6, 6.07) is 17.2. The normalized spacial score (nSPS) is 10.5. The number of nitrogens with zero attached hydrogens (tertiary/aromatic N) is 5. The van der Waals surface area contributed by atoms with Gasteiger partial charge in [-0.1, -0.05) is 29.8 Å². The van der Waals surface area contributed by atoms with Crippen molar-refractivity contribution in [3.8, 4) is 17.7 Å². The average molecular weight is 475 g/mol. The molecule has 0 fully saturated rings. The van der Waals surface area contributed by atoms with E-state index in [9.17, 15) is 9.59 Å². The molecule has 4 rings (SSSR count). The van der Waals surface area contributed by atoms with Crippen molar-refractivity contribution >= 4 is 23.2 Å². The topological polar surface area (TPSA) is 115 Å². The Morgan fingerprint density at radius 3 is 2.53 bits per heavy atom. The highest BCUT2D eigenvalue weighted by molar-refractivity contribution is 6.30. The van der Waals surface area contributed by atoms with Crippen molar-refractivity contribution in [3.05, 3.63) is 104 Å². The number of hydrogen-bond acceptors (Lipinski definition) is 7. The second-order valence-corrected chi connectivity index (χ2v) is 7.65. The van der Waals surface area contributed by atoms with Crippen LogP contribution in [0, 0.1) is 11.3 Å². The van der Waals surface area contributed by atoms with Crippen LogP contribution < -0.4 is 21.3 Å². The smallest absolute Gasteiger partial charge is 0.332 e. The number of aromatic nitrogens is 4. The molecule has 0 aliphatic rings. The lowest BCUT2D eigenvalue weighted by Gasteiger charge is -2.16. The predicted octanol–water partition coefficient (Wildman–Crippen LogP) is 3.93. The minimum absolute atomic E-state index is 0.223. The lowest BCUT2D eigenvalue weighted by Crippen LogP contribution is -2.40. The van der Waals surface area contributed by atoms with Crippen LogP contribution in [0.4, 0.5) is 11.6 Å². The third-order valence-electron chi connectivity index (χ3n) is 4.92. The molecule has 4 aromatic rings. The predicted molar refractivity (Wildman–Crippen MR) is 128 cm³/mol. The molecule has 0 spiro atoms. The Balaban J connectivity index is 1.61. The Labute approximate surface area is 199 Å². The Hall–Kier alpha value is -4.42. The van der Waals surface area contributed by atoms with E-state index >= 15 is 0 Å². The van der Waals surface area contributed by atoms with Crippen LogP contribution in [0.5, 0.6) is 11.6 Å². The van der Waals surface area contributed by atoms with E-state index in [4.69, 9.17) is 21.6 Å². The van der Waals surface area contributed by atoms with Crippen molar-refractivity contribution in [2.75, 3.05) is 5.32 Å². The number of benzene rings is 2. The van der Waals surface area contributed by atoms with Crippen LogP contribution >= 0.6 is 11.6 Å². The molecule has 0 aliphatic carbocycles. The number of hydrogen-bond donors (Lipinski definition) is 1. The van der Waals surface area contributed by atoms with Gasteiger partial charge in [-0.05, 0) is 42.8 Å². The minimum atomic E-state index is -0.447. The Kier molecular flexibility index (Phi) is 6.71. The van der Waals surface area contributed by atoms with E-state index in [0.29, 0.717) is 22.2 Å². The fourth-order valence-corrected chi connectivity index (χ4v) is 3.38. The van der Waals surface area contributed by atoms with Crippen molar-refractivity contribution in [1.82, 2.24) is 19.1 Å². The Morgan fingerprint density at radius 2 is 1.85 bits per heavy atom. The molecule has 0 bridgehead atoms. The molecular weight excluding hydrogens is 456 g/mol. The Bertz CT molecular complexity index is 1470. The van der Waals surface area contributed by atoms with Crippen molar-refractivity contribution in [1.29, 1.82) is 5.26 Å². The summed E-state index contributed by atoms with van der Waals surface area (Å²) in [5, 5.41) is 12.6. The van der Waals surface area contributed by atoms with Gasteiger partial charge in [0, 0.05) is 17.6 Å². The van der Waals surface area contributed by atoms with Crippen LogP contribution in [0.25, 0.3) is 0 Å². The zero-order valence-corrected chi connectivity index (χ0v) is 18.9. The second kappa shape index (κ2) is 10.0. The van der Waals surface area contributed by atoms with Gasteiger partial charge in [-0.3, -0.25) is 13.9 Å². The van der Waals surface area contributed by atoms with Crippen LogP contribution in [-0.4, -0.2) is 19.1 Å². The summed E-state index contributed by atoms with van der Waals surface area (Å²) in [6.07, 6.45) is 2.82. The summed E-state index contributed by atoms with van der Waals surface area (Å²) in [7, 11) is 0. The number of rotatable bonds is 7. The molecule has 0 radical (unpaired) electrons. The molecule has 0 amide bonds. The van der Waals surface area contributed by atoms with Crippen LogP contribution in [-0.2, 0) is 13.1 Å². The van der Waals surface area contributed by atoms with Crippen molar-refractivity contribution in [2.24, 2.45) is 0 Å². The molecule has 10 heteroatoms. The van der Waals surface area contributed by atoms with E-state index in [1.807, 2.05) is 18.2 Å². The van der Waals surface area contributed by atoms with Gasteiger partial charge in [-0.15, -0.1) is 0 Å². The number of ether oxygens (including phenoxy) is 1. The van der Waals surface area contributed by atoms with E-state index in [1.54, 1.807) is 43.3 Å². The number of nitriles is 1. The third kappa shape index (κ3) is 5.14. The highest BCUT2D eigenvalue weighted by Crippen LogP contribution is 2.21. The molecule has 0 atom stereocenters. The van der Waals surface area contributed by atoms with Gasteiger partial charge < -0.3 is 10.1 Å². The first-order valence-electron chi connectivity index (χ1n) is 10.3. The average Bonchev–Trinajstić information content (AvgIpc) is 2.84. The molecule has 0 unspecified atom stereocenters. The first-order chi connectivity index (χ1) is 16.5. The van der Waals surface area contributed by atoms with E-state index in [1.165, 1.54) is 23.0 Å². The molecule has 9 nitrogen and oxygen atoms in total. The summed E-state index contributed by atoms with van der Waals surface area (Å²) in [5.74, 6) is 1.27. The molecule has 2 aromatic carbocycles. The summed E-state index contributed by atoms with van der Waals surface area (Å²) in [6.45, 7) is 2.21. The minimum Gasteiger partial charge on any atom is -0.437 e. The Morgan fingerprint density at radius 1 is 1.06 bits per heavy atom. The highest BCUT2D eigenvalue weighted by Gasteiger charge is 2.13. The summed E-state index contributed by atoms with van der Waals surface area (Å²) in [5.41, 5.74) is 0.430. The van der Waals surface area contributed by atoms with Gasteiger partial charge in [0.05, 0.1) is 30.6 Å². The monoisotopic (exact) mass is 474 g/mol. The van der Waals surface area contributed by atoms with Crippen LogP contribution in [0.1, 0.15) is 18.1 Å². The SMILES string of the molecule is CCn1c(=O)cc(Nc2cnc(Oc3cccc(C#N)c3)cn2)n(Cc2ccc(Cl)cc2)c1=O. The highest BCUT2D eigenvalue weighted by atomic mass is 35.5. The zero-order valence-electron chi connectivity index (χ0n) is 18.1. The van der Waals surface area contributed by atoms with Crippen molar-refractivity contribution in [3.63, 3.8) is 0 Å². The van der Waals surface area contributed by atoms with Crippen molar-refractivity contribution < 1.29 is 4.74 Å². The number of nitrogens with one attached hydrogen (secondary N) is 1. The van der Waals surface area contributed by atoms with Gasteiger partial charge in [0.1, 0.15) is 17.4 Å². The van der Waals surface area contributed by atoms with Gasteiger partial charge >= 0.3 is 5.69 Å².